The summed E-state index contributed by atoms with van der Waals surface area (Å²) in [5.74, 6) is 0.278. The van der Waals surface area contributed by atoms with Gasteiger partial charge in [0, 0.05) is 37.2 Å². The van der Waals surface area contributed by atoms with Gasteiger partial charge in [-0.25, -0.2) is 15.0 Å². The lowest BCUT2D eigenvalue weighted by Gasteiger charge is -2.18. The molecule has 1 aliphatic rings. The number of nitrogens with one attached hydrogen (secondary N) is 1. The van der Waals surface area contributed by atoms with E-state index in [4.69, 9.17) is 5.73 Å². The summed E-state index contributed by atoms with van der Waals surface area (Å²) in [5, 5.41) is 1.08. The van der Waals surface area contributed by atoms with Crippen LogP contribution >= 0.6 is 0 Å². The number of pyridine rings is 1. The summed E-state index contributed by atoms with van der Waals surface area (Å²) in [5.41, 5.74) is 9.53. The summed E-state index contributed by atoms with van der Waals surface area (Å²) < 4.78 is 0. The van der Waals surface area contributed by atoms with Gasteiger partial charge in [-0.05, 0) is 25.0 Å². The van der Waals surface area contributed by atoms with Crippen molar-refractivity contribution in [2.75, 3.05) is 17.2 Å². The highest BCUT2D eigenvalue weighted by molar-refractivity contribution is 6.02. The molecule has 0 unspecified atom stereocenters. The first-order valence-corrected chi connectivity index (χ1v) is 6.98. The molecular weight excluding hydrogens is 264 g/mol. The molecule has 1 aliphatic heterocycles. The number of rotatable bonds is 2. The zero-order valence-electron chi connectivity index (χ0n) is 11.5. The lowest BCUT2D eigenvalue weighted by molar-refractivity contribution is 0.957. The van der Waals surface area contributed by atoms with Gasteiger partial charge < -0.3 is 15.6 Å². The monoisotopic (exact) mass is 279 g/mol. The molecule has 6 heteroatoms. The van der Waals surface area contributed by atoms with Gasteiger partial charge in [-0.1, -0.05) is 0 Å². The standard InChI is InChI=1S/C15H15N6/c16-15-18-5-3-11(20-15)10-9-19-14-13(10)12(4-6-17-14)21-7-1-2-8-21/h3-7,9H,1-2,8H2,(H,17,19)(H2,16,18,20). The SMILES string of the molecule is Nc1nccc(-c2c[nH]c3nccc(N4[CH]CCC4)c23)n1. The van der Waals surface area contributed by atoms with Gasteiger partial charge in [0.25, 0.3) is 0 Å². The molecule has 0 atom stereocenters. The van der Waals surface area contributed by atoms with E-state index in [0.29, 0.717) is 0 Å². The smallest absolute Gasteiger partial charge is 0.220 e. The van der Waals surface area contributed by atoms with Crippen LogP contribution in [0.3, 0.4) is 0 Å². The van der Waals surface area contributed by atoms with Gasteiger partial charge in [-0.15, -0.1) is 0 Å². The minimum absolute atomic E-state index is 0.278. The van der Waals surface area contributed by atoms with E-state index in [1.807, 2.05) is 24.5 Å². The topological polar surface area (TPSA) is 83.7 Å². The Hall–Kier alpha value is -2.63. The molecule has 4 heterocycles. The Balaban J connectivity index is 1.93. The van der Waals surface area contributed by atoms with E-state index in [9.17, 15) is 0 Å². The Morgan fingerprint density at radius 1 is 1.19 bits per heavy atom. The number of fused-ring (bicyclic) bond motifs is 1. The minimum atomic E-state index is 0.278. The largest absolute Gasteiger partial charge is 0.368 e. The van der Waals surface area contributed by atoms with Crippen LogP contribution < -0.4 is 10.6 Å². The quantitative estimate of drug-likeness (QED) is 0.752. The number of hydrogen-bond acceptors (Lipinski definition) is 5. The molecule has 3 aromatic heterocycles. The summed E-state index contributed by atoms with van der Waals surface area (Å²) in [7, 11) is 0. The predicted molar refractivity (Wildman–Crippen MR) is 82.4 cm³/mol. The Morgan fingerprint density at radius 2 is 2.10 bits per heavy atom. The molecule has 0 spiro atoms. The van der Waals surface area contributed by atoms with Crippen LogP contribution in [0.25, 0.3) is 22.3 Å². The second-order valence-corrected chi connectivity index (χ2v) is 5.07. The van der Waals surface area contributed by atoms with E-state index in [1.165, 1.54) is 6.42 Å². The van der Waals surface area contributed by atoms with Crippen LogP contribution in [0, 0.1) is 6.54 Å². The molecule has 3 N–H and O–H groups in total. The Bertz CT molecular complexity index is 788. The van der Waals surface area contributed by atoms with Gasteiger partial charge in [-0.2, -0.15) is 0 Å². The number of nitrogens with two attached hydrogens (primary N) is 1. The van der Waals surface area contributed by atoms with Gasteiger partial charge in [0.2, 0.25) is 5.95 Å². The third-order valence-corrected chi connectivity index (χ3v) is 3.76. The maximum Gasteiger partial charge on any atom is 0.220 e. The number of nitrogens with zero attached hydrogens (tertiary/aromatic N) is 4. The molecule has 3 aromatic rings. The van der Waals surface area contributed by atoms with Crippen molar-refractivity contribution in [2.45, 2.75) is 12.8 Å². The van der Waals surface area contributed by atoms with Crippen LogP contribution in [0.4, 0.5) is 11.6 Å². The summed E-state index contributed by atoms with van der Waals surface area (Å²) in [6.45, 7) is 3.27. The Labute approximate surface area is 122 Å². The molecular formula is C15H15N6. The molecule has 0 aromatic carbocycles. The zero-order chi connectivity index (χ0) is 14.2. The van der Waals surface area contributed by atoms with Crippen molar-refractivity contribution in [1.29, 1.82) is 0 Å². The second kappa shape index (κ2) is 4.73. The highest BCUT2D eigenvalue weighted by Crippen LogP contribution is 2.36. The van der Waals surface area contributed by atoms with E-state index in [2.05, 4.69) is 31.4 Å². The average molecular weight is 279 g/mol. The maximum absolute atomic E-state index is 5.70. The highest BCUT2D eigenvalue weighted by atomic mass is 15.1. The lowest BCUT2D eigenvalue weighted by atomic mass is 10.1. The molecule has 1 fully saturated rings. The summed E-state index contributed by atoms with van der Waals surface area (Å²) in [4.78, 5) is 18.2. The van der Waals surface area contributed by atoms with E-state index in [1.54, 1.807) is 6.20 Å². The second-order valence-electron chi connectivity index (χ2n) is 5.07. The van der Waals surface area contributed by atoms with Crippen molar-refractivity contribution in [2.24, 2.45) is 0 Å². The van der Waals surface area contributed by atoms with Gasteiger partial charge in [0.15, 0.2) is 0 Å². The van der Waals surface area contributed by atoms with Crippen molar-refractivity contribution >= 4 is 22.7 Å². The molecule has 4 rings (SSSR count). The first kappa shape index (κ1) is 12.1. The number of aromatic nitrogens is 4. The lowest BCUT2D eigenvalue weighted by Crippen LogP contribution is -2.14. The van der Waals surface area contributed by atoms with Crippen LogP contribution in [0.5, 0.6) is 0 Å². The number of hydrogen-bond donors (Lipinski definition) is 2. The molecule has 1 saturated heterocycles. The molecule has 1 radical (unpaired) electrons. The average Bonchev–Trinajstić information content (AvgIpc) is 3.16. The molecule has 0 bridgehead atoms. The fraction of sp³-hybridized carbons (Fsp3) is 0.200. The highest BCUT2D eigenvalue weighted by Gasteiger charge is 2.19. The van der Waals surface area contributed by atoms with Crippen LogP contribution in [0.15, 0.2) is 30.7 Å². The summed E-state index contributed by atoms with van der Waals surface area (Å²) >= 11 is 0. The van der Waals surface area contributed by atoms with Gasteiger partial charge >= 0.3 is 0 Å². The van der Waals surface area contributed by atoms with E-state index in [0.717, 1.165) is 40.9 Å². The summed E-state index contributed by atoms with van der Waals surface area (Å²) in [6.07, 6.45) is 7.74. The fourth-order valence-electron chi connectivity index (χ4n) is 2.82. The van der Waals surface area contributed by atoms with Gasteiger partial charge in [-0.3, -0.25) is 0 Å². The fourth-order valence-corrected chi connectivity index (χ4v) is 2.82. The van der Waals surface area contributed by atoms with Crippen LogP contribution in [0.2, 0.25) is 0 Å². The first-order valence-electron chi connectivity index (χ1n) is 6.98. The third-order valence-electron chi connectivity index (χ3n) is 3.76. The van der Waals surface area contributed by atoms with Crippen molar-refractivity contribution in [3.05, 3.63) is 37.3 Å². The normalized spacial score (nSPS) is 15.0. The number of H-pyrrole nitrogens is 1. The van der Waals surface area contributed by atoms with E-state index < -0.39 is 0 Å². The predicted octanol–water partition coefficient (Wildman–Crippen LogP) is 2.36. The van der Waals surface area contributed by atoms with Gasteiger partial charge in [0.1, 0.15) is 5.65 Å². The minimum Gasteiger partial charge on any atom is -0.368 e. The van der Waals surface area contributed by atoms with Crippen molar-refractivity contribution in [3.8, 4) is 11.3 Å². The molecule has 105 valence electrons. The Morgan fingerprint density at radius 3 is 2.90 bits per heavy atom. The number of nitrogen functional groups attached to an aromatic ring is 1. The van der Waals surface area contributed by atoms with Crippen molar-refractivity contribution < 1.29 is 0 Å². The molecule has 0 aliphatic carbocycles. The molecule has 0 amide bonds. The number of aromatic amines is 1. The number of anilines is 2. The van der Waals surface area contributed by atoms with Crippen molar-refractivity contribution in [1.82, 2.24) is 19.9 Å². The van der Waals surface area contributed by atoms with Crippen LogP contribution in [-0.2, 0) is 0 Å². The Kier molecular flexibility index (Phi) is 2.73. The van der Waals surface area contributed by atoms with Crippen molar-refractivity contribution in [3.63, 3.8) is 0 Å². The molecule has 21 heavy (non-hydrogen) atoms. The summed E-state index contributed by atoms with van der Waals surface area (Å²) in [6, 6.07) is 3.91. The van der Waals surface area contributed by atoms with Gasteiger partial charge in [0.05, 0.1) is 16.8 Å². The third kappa shape index (κ3) is 1.99. The van der Waals surface area contributed by atoms with Crippen LogP contribution in [0.1, 0.15) is 12.8 Å². The first-order chi connectivity index (χ1) is 10.3. The zero-order valence-corrected chi connectivity index (χ0v) is 11.5. The van der Waals surface area contributed by atoms with Crippen LogP contribution in [-0.4, -0.2) is 26.5 Å². The maximum atomic E-state index is 5.70. The van der Waals surface area contributed by atoms with E-state index >= 15 is 0 Å². The molecule has 6 nitrogen and oxygen atoms in total. The van der Waals surface area contributed by atoms with E-state index in [-0.39, 0.29) is 5.95 Å². The molecule has 0 saturated carbocycles.